The second kappa shape index (κ2) is 20.4. The van der Waals surface area contributed by atoms with Crippen LogP contribution >= 0.6 is 0 Å². The highest BCUT2D eigenvalue weighted by Gasteiger charge is 2.42. The van der Waals surface area contributed by atoms with Gasteiger partial charge in [-0.25, -0.2) is 23.1 Å². The standard InChI is InChI=1S/C27H26F2N4O2.C22H13F4N3O2.C2H6/c1-16-12-24(32-14-17(2)35-18(3)15-32)31-27-26(16)23(34)13-25(30-21-8-4-19(28)5-9-21)33(27)22-10-6-20(29)7-11-22;23-15-12-27-21-19(18(15)20(31)22(24,25)26)16(30)11-17(28-13-7-3-1-4-8-13)29(21)14-9-5-2-6-10-14;1-2/h4-13,17-18,30H,14-15H2,1-3H3;1-12,28H;1-2H3. The lowest BCUT2D eigenvalue weighted by atomic mass is 10.1. The number of hydrogen-bond donors (Lipinski definition) is 2. The van der Waals surface area contributed by atoms with Gasteiger partial charge < -0.3 is 20.3 Å². The molecule has 9 rings (SSSR count). The number of carbonyl (C=O) groups excluding carboxylic acids is 1. The monoisotopic (exact) mass is 933 g/mol. The van der Waals surface area contributed by atoms with Crippen LogP contribution in [-0.2, 0) is 4.74 Å². The quantitative estimate of drug-likeness (QED) is 0.113. The third kappa shape index (κ3) is 10.4. The highest BCUT2D eigenvalue weighted by atomic mass is 19.4. The van der Waals surface area contributed by atoms with Crippen molar-refractivity contribution in [3.05, 3.63) is 183 Å². The van der Waals surface area contributed by atoms with Crippen LogP contribution < -0.4 is 26.4 Å². The fourth-order valence-corrected chi connectivity index (χ4v) is 7.85. The fraction of sp³-hybridized carbons (Fsp3) is 0.196. The van der Waals surface area contributed by atoms with E-state index in [9.17, 15) is 40.7 Å². The molecule has 0 spiro atoms. The summed E-state index contributed by atoms with van der Waals surface area (Å²) in [5.74, 6) is -3.33. The Balaban J connectivity index is 0.000000196. The summed E-state index contributed by atoms with van der Waals surface area (Å²) in [5, 5.41) is 5.96. The number of fused-ring (bicyclic) bond motifs is 2. The maximum atomic E-state index is 14.3. The molecule has 0 bridgehead atoms. The molecule has 68 heavy (non-hydrogen) atoms. The van der Waals surface area contributed by atoms with Crippen LogP contribution in [-0.4, -0.2) is 56.4 Å². The van der Waals surface area contributed by atoms with Gasteiger partial charge in [-0.2, -0.15) is 13.2 Å². The van der Waals surface area contributed by atoms with Gasteiger partial charge in [-0.05, 0) is 105 Å². The van der Waals surface area contributed by atoms with Gasteiger partial charge in [-0.3, -0.25) is 23.5 Å². The lowest BCUT2D eigenvalue weighted by Crippen LogP contribution is -2.46. The number of pyridine rings is 4. The summed E-state index contributed by atoms with van der Waals surface area (Å²) < 4.78 is 89.9. The molecule has 0 radical (unpaired) electrons. The van der Waals surface area contributed by atoms with Crippen LogP contribution in [0.5, 0.6) is 0 Å². The molecule has 0 aliphatic carbocycles. The highest BCUT2D eigenvalue weighted by Crippen LogP contribution is 2.32. The van der Waals surface area contributed by atoms with Crippen LogP contribution in [0.4, 0.5) is 55.2 Å². The van der Waals surface area contributed by atoms with Crippen molar-refractivity contribution < 1.29 is 35.9 Å². The summed E-state index contributed by atoms with van der Waals surface area (Å²) in [4.78, 5) is 48.9. The van der Waals surface area contributed by atoms with E-state index in [2.05, 4.69) is 20.5 Å². The first-order valence-corrected chi connectivity index (χ1v) is 21.6. The number of aryl methyl sites for hydroxylation is 1. The van der Waals surface area contributed by atoms with E-state index >= 15 is 0 Å². The van der Waals surface area contributed by atoms with E-state index in [0.29, 0.717) is 58.9 Å². The number of ether oxygens (including phenoxy) is 1. The third-order valence-corrected chi connectivity index (χ3v) is 10.6. The summed E-state index contributed by atoms with van der Waals surface area (Å²) in [7, 11) is 0. The number of Topliss-reactive ketones (excluding diaryl/α,β-unsaturated/α-hetero) is 1. The van der Waals surface area contributed by atoms with Crippen LogP contribution in [0, 0.1) is 24.4 Å². The van der Waals surface area contributed by atoms with Gasteiger partial charge in [0.2, 0.25) is 0 Å². The summed E-state index contributed by atoms with van der Waals surface area (Å²) in [6.07, 6.45) is -4.77. The second-order valence-corrected chi connectivity index (χ2v) is 15.6. The number of aromatic nitrogens is 4. The Morgan fingerprint density at radius 1 is 0.662 bits per heavy atom. The molecule has 0 amide bonds. The summed E-state index contributed by atoms with van der Waals surface area (Å²) in [6.45, 7) is 11.3. The number of halogens is 6. The number of anilines is 5. The van der Waals surface area contributed by atoms with Crippen LogP contribution in [0.15, 0.2) is 143 Å². The van der Waals surface area contributed by atoms with Crippen molar-refractivity contribution in [2.45, 2.75) is 53.0 Å². The van der Waals surface area contributed by atoms with Gasteiger partial charge in [-0.1, -0.05) is 50.2 Å². The zero-order chi connectivity index (χ0) is 48.9. The smallest absolute Gasteiger partial charge is 0.372 e. The zero-order valence-corrected chi connectivity index (χ0v) is 37.4. The Hall–Kier alpha value is -7.79. The number of alkyl halides is 3. The minimum atomic E-state index is -5.36. The molecule has 11 nitrogen and oxygen atoms in total. The average molecular weight is 934 g/mol. The molecule has 1 aliphatic rings. The minimum absolute atomic E-state index is 0.0438. The normalized spacial score (nSPS) is 14.7. The molecular formula is C51H45F6N7O4. The molecule has 17 heteroatoms. The SMILES string of the molecule is CC.Cc1cc(N2CC(C)OC(C)C2)nc2c1c(=O)cc(Nc1ccc(F)cc1)n2-c1ccc(F)cc1.O=C(c1c(F)cnc2c1c(=O)cc(Nc1ccccc1)n2-c1ccccc1)C(F)(F)F. The molecule has 2 unspecified atom stereocenters. The molecule has 1 fully saturated rings. The number of benzene rings is 4. The summed E-state index contributed by atoms with van der Waals surface area (Å²) >= 11 is 0. The van der Waals surface area contributed by atoms with Crippen molar-refractivity contribution >= 4 is 56.7 Å². The number of hydrogen-bond acceptors (Lipinski definition) is 9. The molecule has 5 heterocycles. The van der Waals surface area contributed by atoms with E-state index in [1.807, 2.05) is 40.7 Å². The van der Waals surface area contributed by atoms with Crippen LogP contribution in [0.25, 0.3) is 33.4 Å². The molecule has 2 N–H and O–H groups in total. The van der Waals surface area contributed by atoms with Gasteiger partial charge in [0.25, 0.3) is 5.78 Å². The number of morpholine rings is 1. The lowest BCUT2D eigenvalue weighted by molar-refractivity contribution is -0.0886. The maximum Gasteiger partial charge on any atom is 0.455 e. The van der Waals surface area contributed by atoms with Gasteiger partial charge in [-0.15, -0.1) is 0 Å². The van der Waals surface area contributed by atoms with Crippen LogP contribution in [0.3, 0.4) is 0 Å². The average Bonchev–Trinajstić information content (AvgIpc) is 3.31. The van der Waals surface area contributed by atoms with Crippen molar-refractivity contribution in [3.63, 3.8) is 0 Å². The van der Waals surface area contributed by atoms with Gasteiger partial charge in [0.1, 0.15) is 29.1 Å². The van der Waals surface area contributed by atoms with Crippen LogP contribution in [0.2, 0.25) is 0 Å². The Morgan fingerprint density at radius 3 is 1.71 bits per heavy atom. The van der Waals surface area contributed by atoms with Crippen molar-refractivity contribution in [1.82, 2.24) is 19.1 Å². The molecule has 1 aliphatic heterocycles. The van der Waals surface area contributed by atoms with Gasteiger partial charge in [0.05, 0.1) is 34.7 Å². The number of para-hydroxylation sites is 2. The first-order chi connectivity index (χ1) is 32.5. The van der Waals surface area contributed by atoms with Gasteiger partial charge in [0.15, 0.2) is 28.0 Å². The first kappa shape index (κ1) is 48.2. The lowest BCUT2D eigenvalue weighted by Gasteiger charge is -2.36. The Morgan fingerprint density at radius 2 is 1.15 bits per heavy atom. The molecule has 8 aromatic rings. The Bertz CT molecular complexity index is 3190. The maximum absolute atomic E-state index is 14.3. The van der Waals surface area contributed by atoms with E-state index < -0.39 is 34.2 Å². The topological polar surface area (TPSA) is 123 Å². The number of ketones is 1. The van der Waals surface area contributed by atoms with Gasteiger partial charge in [0, 0.05) is 48.0 Å². The summed E-state index contributed by atoms with van der Waals surface area (Å²) in [6, 6.07) is 33.4. The van der Waals surface area contributed by atoms with E-state index in [0.717, 1.165) is 17.4 Å². The van der Waals surface area contributed by atoms with Gasteiger partial charge >= 0.3 is 6.18 Å². The molecule has 4 aromatic heterocycles. The largest absolute Gasteiger partial charge is 0.455 e. The van der Waals surface area contributed by atoms with Crippen LogP contribution in [0.1, 0.15) is 43.6 Å². The molecular weight excluding hydrogens is 889 g/mol. The fourth-order valence-electron chi connectivity index (χ4n) is 7.85. The van der Waals surface area contributed by atoms with E-state index in [1.165, 1.54) is 34.9 Å². The van der Waals surface area contributed by atoms with Crippen molar-refractivity contribution in [3.8, 4) is 11.4 Å². The van der Waals surface area contributed by atoms with E-state index in [1.54, 1.807) is 89.5 Å². The van der Waals surface area contributed by atoms with E-state index in [-0.39, 0.29) is 40.7 Å². The summed E-state index contributed by atoms with van der Waals surface area (Å²) in [5.41, 5.74) is 0.725. The second-order valence-electron chi connectivity index (χ2n) is 15.6. The van der Waals surface area contributed by atoms with Crippen molar-refractivity contribution in [2.75, 3.05) is 28.6 Å². The van der Waals surface area contributed by atoms with Crippen molar-refractivity contribution in [2.24, 2.45) is 0 Å². The molecule has 1 saturated heterocycles. The minimum Gasteiger partial charge on any atom is -0.372 e. The Kier molecular flexibility index (Phi) is 14.4. The third-order valence-electron chi connectivity index (χ3n) is 10.6. The predicted octanol–water partition coefficient (Wildman–Crippen LogP) is 11.4. The number of carbonyl (C=O) groups is 1. The molecule has 350 valence electrons. The number of nitrogens with one attached hydrogen (secondary N) is 2. The van der Waals surface area contributed by atoms with Crippen molar-refractivity contribution in [1.29, 1.82) is 0 Å². The number of nitrogens with zero attached hydrogens (tertiary/aromatic N) is 5. The first-order valence-electron chi connectivity index (χ1n) is 21.6. The molecule has 4 aromatic carbocycles. The Labute approximate surface area is 386 Å². The highest BCUT2D eigenvalue weighted by molar-refractivity contribution is 6.10. The molecule has 0 saturated carbocycles. The zero-order valence-electron chi connectivity index (χ0n) is 37.4. The number of rotatable bonds is 8. The molecule has 2 atom stereocenters. The van der Waals surface area contributed by atoms with E-state index in [4.69, 9.17) is 9.72 Å². The predicted molar refractivity (Wildman–Crippen MR) is 253 cm³/mol.